The van der Waals surface area contributed by atoms with Crippen LogP contribution in [0.4, 0.5) is 0 Å². The standard InChI is InChI=1S/C15H22N2S/c1-17-10-11(9-16)8-14(17)12-4-2-6-15-13(12)5-3-7-18-15/h2,4,6,11,14H,3,5,7-10,16H2,1H3. The zero-order valence-electron chi connectivity index (χ0n) is 11.1. The molecule has 2 heterocycles. The summed E-state index contributed by atoms with van der Waals surface area (Å²) in [6.07, 6.45) is 3.82. The van der Waals surface area contributed by atoms with Gasteiger partial charge in [0, 0.05) is 17.5 Å². The summed E-state index contributed by atoms with van der Waals surface area (Å²) in [4.78, 5) is 4.01. The predicted molar refractivity (Wildman–Crippen MR) is 78.0 cm³/mol. The summed E-state index contributed by atoms with van der Waals surface area (Å²) >= 11 is 2.03. The van der Waals surface area contributed by atoms with E-state index in [1.165, 1.54) is 29.9 Å². The lowest BCUT2D eigenvalue weighted by Crippen LogP contribution is -2.21. The van der Waals surface area contributed by atoms with Crippen LogP contribution in [0.25, 0.3) is 0 Å². The van der Waals surface area contributed by atoms with E-state index in [-0.39, 0.29) is 0 Å². The third-order valence-electron chi connectivity index (χ3n) is 4.33. The van der Waals surface area contributed by atoms with Crippen LogP contribution < -0.4 is 5.73 Å². The van der Waals surface area contributed by atoms with Crippen molar-refractivity contribution in [2.45, 2.75) is 30.2 Å². The molecule has 0 aromatic heterocycles. The molecule has 1 fully saturated rings. The summed E-state index contributed by atoms with van der Waals surface area (Å²) < 4.78 is 0. The zero-order chi connectivity index (χ0) is 12.5. The first kappa shape index (κ1) is 12.5. The molecule has 2 aliphatic heterocycles. The number of nitrogens with two attached hydrogens (primary N) is 1. The van der Waals surface area contributed by atoms with E-state index < -0.39 is 0 Å². The Morgan fingerprint density at radius 2 is 2.33 bits per heavy atom. The molecule has 1 aromatic rings. The zero-order valence-corrected chi connectivity index (χ0v) is 11.9. The average Bonchev–Trinajstić information content (AvgIpc) is 2.79. The van der Waals surface area contributed by atoms with Gasteiger partial charge in [0.15, 0.2) is 0 Å². The first-order valence-electron chi connectivity index (χ1n) is 6.94. The van der Waals surface area contributed by atoms with Crippen molar-refractivity contribution in [3.63, 3.8) is 0 Å². The molecule has 2 aliphatic rings. The Morgan fingerprint density at radius 3 is 3.11 bits per heavy atom. The monoisotopic (exact) mass is 262 g/mol. The van der Waals surface area contributed by atoms with Crippen LogP contribution in [0.15, 0.2) is 23.1 Å². The largest absolute Gasteiger partial charge is 0.330 e. The van der Waals surface area contributed by atoms with E-state index in [2.05, 4.69) is 30.1 Å². The quantitative estimate of drug-likeness (QED) is 0.888. The van der Waals surface area contributed by atoms with Crippen molar-refractivity contribution in [1.29, 1.82) is 0 Å². The maximum absolute atomic E-state index is 5.84. The molecule has 2 N–H and O–H groups in total. The summed E-state index contributed by atoms with van der Waals surface area (Å²) in [6.45, 7) is 1.97. The van der Waals surface area contributed by atoms with Gasteiger partial charge in [-0.1, -0.05) is 12.1 Å². The van der Waals surface area contributed by atoms with Crippen LogP contribution in [0.2, 0.25) is 0 Å². The third-order valence-corrected chi connectivity index (χ3v) is 5.51. The Hall–Kier alpha value is -0.510. The normalized spacial score (nSPS) is 28.3. The van der Waals surface area contributed by atoms with Gasteiger partial charge in [0.2, 0.25) is 0 Å². The van der Waals surface area contributed by atoms with Crippen LogP contribution in [0, 0.1) is 5.92 Å². The highest BCUT2D eigenvalue weighted by Gasteiger charge is 2.31. The van der Waals surface area contributed by atoms with E-state index in [0.717, 1.165) is 13.1 Å². The molecular weight excluding hydrogens is 240 g/mol. The fourth-order valence-electron chi connectivity index (χ4n) is 3.37. The molecule has 0 spiro atoms. The fourth-order valence-corrected chi connectivity index (χ4v) is 4.45. The summed E-state index contributed by atoms with van der Waals surface area (Å²) in [7, 11) is 2.25. The molecule has 1 aromatic carbocycles. The van der Waals surface area contributed by atoms with Crippen molar-refractivity contribution < 1.29 is 0 Å². The first-order valence-corrected chi connectivity index (χ1v) is 7.93. The SMILES string of the molecule is CN1CC(CN)CC1c1cccc2c1CCCS2. The van der Waals surface area contributed by atoms with Crippen LogP contribution in [-0.4, -0.2) is 30.8 Å². The summed E-state index contributed by atoms with van der Waals surface area (Å²) in [5.41, 5.74) is 9.03. The maximum Gasteiger partial charge on any atom is 0.0351 e. The van der Waals surface area contributed by atoms with Crippen molar-refractivity contribution in [3.05, 3.63) is 29.3 Å². The molecular formula is C15H22N2S. The number of nitrogens with zero attached hydrogens (tertiary/aromatic N) is 1. The lowest BCUT2D eigenvalue weighted by molar-refractivity contribution is 0.312. The van der Waals surface area contributed by atoms with Crippen LogP contribution in [0.3, 0.4) is 0 Å². The second kappa shape index (κ2) is 5.24. The predicted octanol–water partition coefficient (Wildman–Crippen LogP) is 2.68. The van der Waals surface area contributed by atoms with Crippen molar-refractivity contribution in [2.24, 2.45) is 11.7 Å². The number of benzene rings is 1. The van der Waals surface area contributed by atoms with Gasteiger partial charge in [-0.25, -0.2) is 0 Å². The minimum Gasteiger partial charge on any atom is -0.330 e. The van der Waals surface area contributed by atoms with Gasteiger partial charge >= 0.3 is 0 Å². The average molecular weight is 262 g/mol. The molecule has 2 atom stereocenters. The smallest absolute Gasteiger partial charge is 0.0351 e. The molecule has 0 radical (unpaired) electrons. The molecule has 18 heavy (non-hydrogen) atoms. The molecule has 98 valence electrons. The van der Waals surface area contributed by atoms with Crippen LogP contribution in [0.1, 0.15) is 30.0 Å². The minimum atomic E-state index is 0.590. The van der Waals surface area contributed by atoms with E-state index in [1.54, 1.807) is 11.1 Å². The Morgan fingerprint density at radius 1 is 1.44 bits per heavy atom. The number of thioether (sulfide) groups is 1. The van der Waals surface area contributed by atoms with Gasteiger partial charge in [-0.3, -0.25) is 4.90 Å². The van der Waals surface area contributed by atoms with E-state index in [9.17, 15) is 0 Å². The van der Waals surface area contributed by atoms with Gasteiger partial charge in [0.25, 0.3) is 0 Å². The Kier molecular flexibility index (Phi) is 3.64. The molecule has 0 amide bonds. The van der Waals surface area contributed by atoms with E-state index in [0.29, 0.717) is 12.0 Å². The molecule has 0 aliphatic carbocycles. The highest BCUT2D eigenvalue weighted by molar-refractivity contribution is 7.99. The van der Waals surface area contributed by atoms with Crippen molar-refractivity contribution in [1.82, 2.24) is 4.90 Å². The molecule has 3 heteroatoms. The van der Waals surface area contributed by atoms with Crippen LogP contribution in [0.5, 0.6) is 0 Å². The van der Waals surface area contributed by atoms with E-state index >= 15 is 0 Å². The second-order valence-electron chi connectivity index (χ2n) is 5.57. The van der Waals surface area contributed by atoms with Gasteiger partial charge in [-0.05, 0) is 61.7 Å². The highest BCUT2D eigenvalue weighted by Crippen LogP contribution is 2.40. The van der Waals surface area contributed by atoms with E-state index in [4.69, 9.17) is 5.73 Å². The first-order chi connectivity index (χ1) is 8.79. The Labute approximate surface area is 114 Å². The topological polar surface area (TPSA) is 29.3 Å². The fraction of sp³-hybridized carbons (Fsp3) is 0.600. The number of fused-ring (bicyclic) bond motifs is 1. The molecule has 2 nitrogen and oxygen atoms in total. The number of hydrogen-bond donors (Lipinski definition) is 1. The van der Waals surface area contributed by atoms with Crippen molar-refractivity contribution >= 4 is 11.8 Å². The van der Waals surface area contributed by atoms with E-state index in [1.807, 2.05) is 11.8 Å². The van der Waals surface area contributed by atoms with Crippen LogP contribution in [-0.2, 0) is 6.42 Å². The molecule has 0 bridgehead atoms. The molecule has 3 rings (SSSR count). The Bertz CT molecular complexity index is 433. The number of rotatable bonds is 2. The second-order valence-corrected chi connectivity index (χ2v) is 6.71. The molecule has 0 saturated carbocycles. The number of hydrogen-bond acceptors (Lipinski definition) is 3. The maximum atomic E-state index is 5.84. The highest BCUT2D eigenvalue weighted by atomic mass is 32.2. The van der Waals surface area contributed by atoms with Gasteiger partial charge in [0.1, 0.15) is 0 Å². The lowest BCUT2D eigenvalue weighted by atomic mass is 9.93. The van der Waals surface area contributed by atoms with Gasteiger partial charge in [-0.2, -0.15) is 0 Å². The van der Waals surface area contributed by atoms with Crippen LogP contribution >= 0.6 is 11.8 Å². The summed E-state index contributed by atoms with van der Waals surface area (Å²) in [5, 5.41) is 0. The third kappa shape index (κ3) is 2.20. The summed E-state index contributed by atoms with van der Waals surface area (Å²) in [5.74, 6) is 1.95. The Balaban J connectivity index is 1.92. The molecule has 1 saturated heterocycles. The van der Waals surface area contributed by atoms with Gasteiger partial charge in [0.05, 0.1) is 0 Å². The van der Waals surface area contributed by atoms with Crippen molar-refractivity contribution in [3.8, 4) is 0 Å². The van der Waals surface area contributed by atoms with Crippen molar-refractivity contribution in [2.75, 3.05) is 25.9 Å². The lowest BCUT2D eigenvalue weighted by Gasteiger charge is -2.26. The van der Waals surface area contributed by atoms with Gasteiger partial charge in [-0.15, -0.1) is 11.8 Å². The molecule has 2 unspecified atom stereocenters. The summed E-state index contributed by atoms with van der Waals surface area (Å²) in [6, 6.07) is 7.45. The minimum absolute atomic E-state index is 0.590. The van der Waals surface area contributed by atoms with Gasteiger partial charge < -0.3 is 5.73 Å². The number of likely N-dealkylation sites (tertiary alicyclic amines) is 1.